The van der Waals surface area contributed by atoms with E-state index in [2.05, 4.69) is 76.0 Å². The normalized spacial score (nSPS) is 13.4. The molecule has 0 unspecified atom stereocenters. The van der Waals surface area contributed by atoms with Crippen LogP contribution in [0.15, 0.2) is 66.9 Å². The average molecular weight is 261 g/mol. The van der Waals surface area contributed by atoms with Gasteiger partial charge in [0.25, 0.3) is 5.82 Å². The summed E-state index contributed by atoms with van der Waals surface area (Å²) in [4.78, 5) is 0. The average Bonchev–Trinajstić information content (AvgIpc) is 3.11. The summed E-state index contributed by atoms with van der Waals surface area (Å²) in [6.07, 6.45) is 4.67. The van der Waals surface area contributed by atoms with Gasteiger partial charge in [-0.2, -0.15) is 4.57 Å². The summed E-state index contributed by atoms with van der Waals surface area (Å²) in [5.41, 5.74) is 3.87. The van der Waals surface area contributed by atoms with Gasteiger partial charge in [0.05, 0.1) is 13.0 Å². The number of fused-ring (bicyclic) bond motifs is 1. The van der Waals surface area contributed by atoms with Crippen molar-refractivity contribution in [1.82, 2.24) is 4.57 Å². The molecule has 2 aromatic carbocycles. The predicted octanol–water partition coefficient (Wildman–Crippen LogP) is 3.38. The van der Waals surface area contributed by atoms with Gasteiger partial charge < -0.3 is 0 Å². The first-order chi connectivity index (χ1) is 9.93. The topological polar surface area (TPSA) is 8.81 Å². The Hall–Kier alpha value is -2.35. The number of benzene rings is 2. The summed E-state index contributed by atoms with van der Waals surface area (Å²) < 4.78 is 4.80. The van der Waals surface area contributed by atoms with E-state index < -0.39 is 0 Å². The number of imidazole rings is 1. The zero-order valence-electron chi connectivity index (χ0n) is 11.4. The first kappa shape index (κ1) is 11.5. The minimum Gasteiger partial charge on any atom is -0.227 e. The van der Waals surface area contributed by atoms with E-state index in [1.165, 1.54) is 29.2 Å². The third kappa shape index (κ3) is 1.76. The molecule has 0 spiro atoms. The third-order valence-electron chi connectivity index (χ3n) is 4.02. The Bertz CT molecular complexity index is 665. The quantitative estimate of drug-likeness (QED) is 0.625. The highest BCUT2D eigenvalue weighted by molar-refractivity contribution is 5.56. The number of aromatic nitrogens is 2. The van der Waals surface area contributed by atoms with Crippen molar-refractivity contribution in [3.8, 4) is 16.9 Å². The van der Waals surface area contributed by atoms with Crippen LogP contribution in [0.4, 0.5) is 0 Å². The fraction of sp³-hybridized carbons (Fsp3) is 0.167. The smallest absolute Gasteiger partial charge is 0.227 e. The minimum absolute atomic E-state index is 1.12. The summed E-state index contributed by atoms with van der Waals surface area (Å²) in [6.45, 7) is 1.12. The Labute approximate surface area is 118 Å². The molecule has 0 N–H and O–H groups in total. The van der Waals surface area contributed by atoms with Gasteiger partial charge in [0.2, 0.25) is 0 Å². The molecule has 98 valence electrons. The van der Waals surface area contributed by atoms with Crippen molar-refractivity contribution >= 4 is 0 Å². The second kappa shape index (κ2) is 4.64. The molecule has 1 aromatic heterocycles. The lowest BCUT2D eigenvalue weighted by Crippen LogP contribution is -2.33. The summed E-state index contributed by atoms with van der Waals surface area (Å²) in [6, 6.07) is 21.3. The lowest BCUT2D eigenvalue weighted by atomic mass is 10.2. The van der Waals surface area contributed by atoms with Gasteiger partial charge in [-0.25, -0.2) is 4.57 Å². The molecule has 0 fully saturated rings. The van der Waals surface area contributed by atoms with Crippen molar-refractivity contribution in [3.63, 3.8) is 0 Å². The molecule has 1 aliphatic heterocycles. The molecular formula is C18H17N2+. The Morgan fingerprint density at radius 3 is 2.30 bits per heavy atom. The first-order valence-electron chi connectivity index (χ1n) is 7.18. The van der Waals surface area contributed by atoms with Gasteiger partial charge in [-0.1, -0.05) is 48.5 Å². The lowest BCUT2D eigenvalue weighted by molar-refractivity contribution is -0.679. The highest BCUT2D eigenvalue weighted by atomic mass is 15.2. The van der Waals surface area contributed by atoms with E-state index in [9.17, 15) is 0 Å². The number of para-hydroxylation sites is 1. The predicted molar refractivity (Wildman–Crippen MR) is 79.7 cm³/mol. The van der Waals surface area contributed by atoms with Gasteiger partial charge in [0.15, 0.2) is 5.69 Å². The molecule has 0 aliphatic carbocycles. The highest BCUT2D eigenvalue weighted by Crippen LogP contribution is 2.23. The molecular weight excluding hydrogens is 244 g/mol. The molecule has 20 heavy (non-hydrogen) atoms. The molecule has 0 bridgehead atoms. The Morgan fingerprint density at radius 2 is 1.55 bits per heavy atom. The van der Waals surface area contributed by atoms with Crippen LogP contribution < -0.4 is 4.57 Å². The van der Waals surface area contributed by atoms with E-state index in [0.29, 0.717) is 0 Å². The maximum atomic E-state index is 2.46. The summed E-state index contributed by atoms with van der Waals surface area (Å²) in [5.74, 6) is 1.41. The van der Waals surface area contributed by atoms with Crippen LogP contribution in [0.5, 0.6) is 0 Å². The van der Waals surface area contributed by atoms with E-state index in [0.717, 1.165) is 13.0 Å². The third-order valence-corrected chi connectivity index (χ3v) is 4.02. The maximum absolute atomic E-state index is 2.46. The Kier molecular flexibility index (Phi) is 2.66. The van der Waals surface area contributed by atoms with E-state index in [1.807, 2.05) is 0 Å². The van der Waals surface area contributed by atoms with Gasteiger partial charge in [-0.15, -0.1) is 0 Å². The van der Waals surface area contributed by atoms with Crippen molar-refractivity contribution in [1.29, 1.82) is 0 Å². The van der Waals surface area contributed by atoms with Crippen molar-refractivity contribution in [3.05, 3.63) is 72.7 Å². The monoisotopic (exact) mass is 261 g/mol. The van der Waals surface area contributed by atoms with Gasteiger partial charge in [0, 0.05) is 5.56 Å². The highest BCUT2D eigenvalue weighted by Gasteiger charge is 2.29. The van der Waals surface area contributed by atoms with E-state index in [-0.39, 0.29) is 0 Å². The SMILES string of the molecule is c1ccc(-c2cn(-c3ccccc3)c3[n+]2CCC3)cc1. The maximum Gasteiger partial charge on any atom is 0.262 e. The summed E-state index contributed by atoms with van der Waals surface area (Å²) >= 11 is 0. The molecule has 3 aromatic rings. The van der Waals surface area contributed by atoms with Crippen LogP contribution in [-0.2, 0) is 13.0 Å². The zero-order valence-corrected chi connectivity index (χ0v) is 11.4. The van der Waals surface area contributed by atoms with Crippen LogP contribution in [-0.4, -0.2) is 4.57 Å². The van der Waals surface area contributed by atoms with Crippen LogP contribution in [0.2, 0.25) is 0 Å². The van der Waals surface area contributed by atoms with Crippen molar-refractivity contribution < 1.29 is 4.57 Å². The molecule has 2 heterocycles. The van der Waals surface area contributed by atoms with Crippen molar-refractivity contribution in [2.45, 2.75) is 19.4 Å². The molecule has 0 saturated carbocycles. The number of hydrogen-bond donors (Lipinski definition) is 0. The molecule has 2 heteroatoms. The van der Waals surface area contributed by atoms with Gasteiger partial charge >= 0.3 is 0 Å². The molecule has 0 atom stereocenters. The second-order valence-corrected chi connectivity index (χ2v) is 5.26. The minimum atomic E-state index is 1.12. The molecule has 1 aliphatic rings. The molecule has 0 saturated heterocycles. The standard InChI is InChI=1S/C18H17N2/c1-3-8-15(9-4-1)17-14-20(16-10-5-2-6-11-16)18-12-7-13-19(17)18/h1-6,8-11,14H,7,12-13H2/q+1. The largest absolute Gasteiger partial charge is 0.262 e. The van der Waals surface area contributed by atoms with Crippen LogP contribution >= 0.6 is 0 Å². The first-order valence-corrected chi connectivity index (χ1v) is 7.18. The van der Waals surface area contributed by atoms with Crippen LogP contribution in [0.1, 0.15) is 12.2 Å². The fourth-order valence-corrected chi connectivity index (χ4v) is 3.09. The molecule has 2 nitrogen and oxygen atoms in total. The van der Waals surface area contributed by atoms with E-state index >= 15 is 0 Å². The van der Waals surface area contributed by atoms with Crippen molar-refractivity contribution in [2.75, 3.05) is 0 Å². The van der Waals surface area contributed by atoms with E-state index in [4.69, 9.17) is 0 Å². The molecule has 4 rings (SSSR count). The number of hydrogen-bond acceptors (Lipinski definition) is 0. The Morgan fingerprint density at radius 1 is 0.850 bits per heavy atom. The molecule has 0 radical (unpaired) electrons. The summed E-state index contributed by atoms with van der Waals surface area (Å²) in [5, 5.41) is 0. The second-order valence-electron chi connectivity index (χ2n) is 5.26. The summed E-state index contributed by atoms with van der Waals surface area (Å²) in [7, 11) is 0. The van der Waals surface area contributed by atoms with Crippen LogP contribution in [0.25, 0.3) is 16.9 Å². The Balaban J connectivity index is 1.91. The number of nitrogens with zero attached hydrogens (tertiary/aromatic N) is 2. The van der Waals surface area contributed by atoms with Crippen LogP contribution in [0.3, 0.4) is 0 Å². The van der Waals surface area contributed by atoms with Gasteiger partial charge in [-0.05, 0) is 18.6 Å². The fourth-order valence-electron chi connectivity index (χ4n) is 3.09. The van der Waals surface area contributed by atoms with Gasteiger partial charge in [0.1, 0.15) is 11.9 Å². The zero-order chi connectivity index (χ0) is 13.4. The number of rotatable bonds is 2. The van der Waals surface area contributed by atoms with Crippen molar-refractivity contribution in [2.24, 2.45) is 0 Å². The molecule has 0 amide bonds. The lowest BCUT2D eigenvalue weighted by Gasteiger charge is -1.97. The van der Waals surface area contributed by atoms with Crippen LogP contribution in [0, 0.1) is 0 Å². The van der Waals surface area contributed by atoms with Gasteiger partial charge in [-0.3, -0.25) is 0 Å². The van der Waals surface area contributed by atoms with E-state index in [1.54, 1.807) is 0 Å².